The van der Waals surface area contributed by atoms with Crippen LogP contribution in [0.15, 0.2) is 24.3 Å². The lowest BCUT2D eigenvalue weighted by Crippen LogP contribution is -2.22. The molecule has 24 heavy (non-hydrogen) atoms. The first-order chi connectivity index (χ1) is 11.7. The average Bonchev–Trinajstić information content (AvgIpc) is 2.81. The number of nitrogens with one attached hydrogen (secondary N) is 1. The van der Waals surface area contributed by atoms with Gasteiger partial charge in [-0.25, -0.2) is 4.98 Å². The van der Waals surface area contributed by atoms with E-state index in [0.29, 0.717) is 19.1 Å². The smallest absolute Gasteiger partial charge is 0.222 e. The number of hydrogen-bond donors (Lipinski definition) is 2. The van der Waals surface area contributed by atoms with Crippen molar-refractivity contribution in [1.82, 2.24) is 15.3 Å². The van der Waals surface area contributed by atoms with Crippen LogP contribution in [0.4, 0.5) is 11.8 Å². The summed E-state index contributed by atoms with van der Waals surface area (Å²) in [6.45, 7) is 5.24. The summed E-state index contributed by atoms with van der Waals surface area (Å²) in [4.78, 5) is 11.1. The fraction of sp³-hybridized carbons (Fsp3) is 0.444. The molecule has 2 aromatic rings. The third kappa shape index (κ3) is 3.59. The monoisotopic (exact) mass is 327 g/mol. The number of anilines is 2. The predicted octanol–water partition coefficient (Wildman–Crippen LogP) is 1.78. The topological polar surface area (TPSA) is 76.3 Å². The molecular formula is C18H25N5O. The van der Waals surface area contributed by atoms with E-state index in [1.165, 1.54) is 5.56 Å². The highest BCUT2D eigenvalue weighted by atomic mass is 16.5. The van der Waals surface area contributed by atoms with Gasteiger partial charge in [0.2, 0.25) is 5.95 Å². The number of benzene rings is 1. The van der Waals surface area contributed by atoms with E-state index in [9.17, 15) is 0 Å². The van der Waals surface area contributed by atoms with Crippen LogP contribution in [0.25, 0.3) is 0 Å². The van der Waals surface area contributed by atoms with Crippen LogP contribution in [0.5, 0.6) is 5.75 Å². The van der Waals surface area contributed by atoms with E-state index in [1.54, 1.807) is 0 Å². The first kappa shape index (κ1) is 16.5. The molecule has 128 valence electrons. The summed E-state index contributed by atoms with van der Waals surface area (Å²) in [5, 5.41) is 3.41. The predicted molar refractivity (Wildman–Crippen MR) is 96.4 cm³/mol. The Bertz CT molecular complexity index is 704. The van der Waals surface area contributed by atoms with Crippen molar-refractivity contribution in [3.05, 3.63) is 41.1 Å². The van der Waals surface area contributed by atoms with Gasteiger partial charge in [0.15, 0.2) is 0 Å². The van der Waals surface area contributed by atoms with E-state index in [0.717, 1.165) is 48.8 Å². The van der Waals surface area contributed by atoms with Gasteiger partial charge in [0, 0.05) is 37.7 Å². The second-order valence-electron chi connectivity index (χ2n) is 5.98. The Labute approximate surface area is 143 Å². The Morgan fingerprint density at radius 3 is 2.83 bits per heavy atom. The molecule has 0 atom stereocenters. The van der Waals surface area contributed by atoms with E-state index in [2.05, 4.69) is 26.3 Å². The van der Waals surface area contributed by atoms with E-state index in [4.69, 9.17) is 10.5 Å². The van der Waals surface area contributed by atoms with Crippen LogP contribution in [0.2, 0.25) is 0 Å². The highest BCUT2D eigenvalue weighted by Crippen LogP contribution is 2.26. The molecule has 0 fully saturated rings. The largest absolute Gasteiger partial charge is 0.494 e. The number of rotatable bonds is 5. The van der Waals surface area contributed by atoms with Crippen molar-refractivity contribution in [2.75, 3.05) is 37.4 Å². The van der Waals surface area contributed by atoms with E-state index < -0.39 is 0 Å². The molecule has 0 radical (unpaired) electrons. The number of nitrogens with two attached hydrogens (primary N) is 1. The zero-order chi connectivity index (χ0) is 16.9. The standard InChI is InChI=1S/C18H25N5O/c1-3-24-16-7-5-4-6-13(16)12-23(2)17-14-8-10-20-11-9-15(14)21-18(19)22-17/h4-7,20H,3,8-12H2,1-2H3,(H2,19,21,22). The fourth-order valence-electron chi connectivity index (χ4n) is 3.12. The van der Waals surface area contributed by atoms with Gasteiger partial charge in [0.25, 0.3) is 0 Å². The Morgan fingerprint density at radius 1 is 1.21 bits per heavy atom. The summed E-state index contributed by atoms with van der Waals surface area (Å²) in [5.74, 6) is 2.18. The highest BCUT2D eigenvalue weighted by molar-refractivity contribution is 5.53. The van der Waals surface area contributed by atoms with Crippen molar-refractivity contribution in [2.24, 2.45) is 0 Å². The van der Waals surface area contributed by atoms with Crippen molar-refractivity contribution in [2.45, 2.75) is 26.3 Å². The molecule has 1 aromatic heterocycles. The molecule has 3 rings (SSSR count). The van der Waals surface area contributed by atoms with Gasteiger partial charge in [-0.3, -0.25) is 0 Å². The molecule has 6 heteroatoms. The minimum Gasteiger partial charge on any atom is -0.494 e. The molecule has 1 aliphatic heterocycles. The van der Waals surface area contributed by atoms with Gasteiger partial charge in [0.1, 0.15) is 11.6 Å². The summed E-state index contributed by atoms with van der Waals surface area (Å²) in [7, 11) is 2.04. The molecule has 1 aliphatic rings. The molecular weight excluding hydrogens is 302 g/mol. The summed E-state index contributed by atoms with van der Waals surface area (Å²) in [5.41, 5.74) is 9.35. The first-order valence-electron chi connectivity index (χ1n) is 8.47. The molecule has 0 saturated heterocycles. The van der Waals surface area contributed by atoms with E-state index in [-0.39, 0.29) is 0 Å². The second-order valence-corrected chi connectivity index (χ2v) is 5.98. The van der Waals surface area contributed by atoms with Crippen LogP contribution in [-0.2, 0) is 19.4 Å². The van der Waals surface area contributed by atoms with Crippen LogP contribution in [0.1, 0.15) is 23.7 Å². The lowest BCUT2D eigenvalue weighted by molar-refractivity contribution is 0.336. The number of nitrogens with zero attached hydrogens (tertiary/aromatic N) is 3. The average molecular weight is 327 g/mol. The summed E-state index contributed by atoms with van der Waals surface area (Å²) in [6, 6.07) is 8.12. The maximum absolute atomic E-state index is 5.95. The minimum absolute atomic E-state index is 0.343. The molecule has 6 nitrogen and oxygen atoms in total. The lowest BCUT2D eigenvalue weighted by atomic mass is 10.1. The molecule has 2 heterocycles. The zero-order valence-electron chi connectivity index (χ0n) is 14.4. The summed E-state index contributed by atoms with van der Waals surface area (Å²) in [6.07, 6.45) is 1.81. The van der Waals surface area contributed by atoms with Gasteiger partial charge in [-0.2, -0.15) is 4.98 Å². The number of nitrogen functional groups attached to an aromatic ring is 1. The molecule has 0 spiro atoms. The third-order valence-electron chi connectivity index (χ3n) is 4.22. The summed E-state index contributed by atoms with van der Waals surface area (Å²) < 4.78 is 5.74. The van der Waals surface area contributed by atoms with Crippen LogP contribution < -0.4 is 20.7 Å². The Kier molecular flexibility index (Phi) is 5.15. The quantitative estimate of drug-likeness (QED) is 0.872. The van der Waals surface area contributed by atoms with Crippen molar-refractivity contribution in [3.63, 3.8) is 0 Å². The normalized spacial score (nSPS) is 13.9. The van der Waals surface area contributed by atoms with Gasteiger partial charge in [-0.1, -0.05) is 18.2 Å². The van der Waals surface area contributed by atoms with Gasteiger partial charge in [-0.05, 0) is 26.0 Å². The van der Waals surface area contributed by atoms with Crippen molar-refractivity contribution >= 4 is 11.8 Å². The first-order valence-corrected chi connectivity index (χ1v) is 8.47. The fourth-order valence-corrected chi connectivity index (χ4v) is 3.12. The van der Waals surface area contributed by atoms with Crippen LogP contribution >= 0.6 is 0 Å². The minimum atomic E-state index is 0.343. The van der Waals surface area contributed by atoms with Crippen LogP contribution in [0, 0.1) is 0 Å². The SMILES string of the molecule is CCOc1ccccc1CN(C)c1nc(N)nc2c1CCNCC2. The van der Waals surface area contributed by atoms with Crippen LogP contribution in [0.3, 0.4) is 0 Å². The Hall–Kier alpha value is -2.34. The molecule has 0 unspecified atom stereocenters. The Balaban J connectivity index is 1.90. The lowest BCUT2D eigenvalue weighted by Gasteiger charge is -2.23. The van der Waals surface area contributed by atoms with E-state index >= 15 is 0 Å². The zero-order valence-corrected chi connectivity index (χ0v) is 14.4. The van der Waals surface area contributed by atoms with Crippen molar-refractivity contribution < 1.29 is 4.74 Å². The number of para-hydroxylation sites is 1. The maximum atomic E-state index is 5.95. The van der Waals surface area contributed by atoms with Gasteiger partial charge in [0.05, 0.1) is 12.3 Å². The Morgan fingerprint density at radius 2 is 2.00 bits per heavy atom. The molecule has 3 N–H and O–H groups in total. The molecule has 0 saturated carbocycles. The third-order valence-corrected chi connectivity index (χ3v) is 4.22. The number of aromatic nitrogens is 2. The van der Waals surface area contributed by atoms with Gasteiger partial charge in [-0.15, -0.1) is 0 Å². The van der Waals surface area contributed by atoms with Crippen LogP contribution in [-0.4, -0.2) is 36.7 Å². The highest BCUT2D eigenvalue weighted by Gasteiger charge is 2.19. The molecule has 1 aromatic carbocycles. The van der Waals surface area contributed by atoms with E-state index in [1.807, 2.05) is 32.2 Å². The maximum Gasteiger partial charge on any atom is 0.222 e. The van der Waals surface area contributed by atoms with Crippen molar-refractivity contribution in [1.29, 1.82) is 0 Å². The van der Waals surface area contributed by atoms with Crippen molar-refractivity contribution in [3.8, 4) is 5.75 Å². The number of fused-ring (bicyclic) bond motifs is 1. The number of ether oxygens (including phenoxy) is 1. The summed E-state index contributed by atoms with van der Waals surface area (Å²) >= 11 is 0. The molecule has 0 bridgehead atoms. The van der Waals surface area contributed by atoms with Gasteiger partial charge >= 0.3 is 0 Å². The molecule has 0 amide bonds. The molecule has 0 aliphatic carbocycles. The van der Waals surface area contributed by atoms with Gasteiger partial charge < -0.3 is 20.7 Å². The number of hydrogen-bond acceptors (Lipinski definition) is 6. The second kappa shape index (κ2) is 7.49.